The first-order valence-electron chi connectivity index (χ1n) is 12.5. The average Bonchev–Trinajstić information content (AvgIpc) is 2.89. The van der Waals surface area contributed by atoms with E-state index in [0.717, 1.165) is 51.3 Å². The van der Waals surface area contributed by atoms with Crippen LogP contribution in [0.25, 0.3) is 0 Å². The highest BCUT2D eigenvalue weighted by molar-refractivity contribution is 7.89. The van der Waals surface area contributed by atoms with Crippen molar-refractivity contribution >= 4 is 39.1 Å². The van der Waals surface area contributed by atoms with Gasteiger partial charge < -0.3 is 14.8 Å². The zero-order valence-corrected chi connectivity index (χ0v) is 23.0. The number of carbonyl (C=O) groups is 1. The van der Waals surface area contributed by atoms with Crippen LogP contribution in [-0.2, 0) is 37.4 Å². The van der Waals surface area contributed by atoms with Gasteiger partial charge in [-0.3, -0.25) is 9.69 Å². The van der Waals surface area contributed by atoms with Gasteiger partial charge in [-0.1, -0.05) is 60.0 Å². The number of ether oxygens (including phenoxy) is 2. The summed E-state index contributed by atoms with van der Waals surface area (Å²) in [6.45, 7) is 5.04. The van der Waals surface area contributed by atoms with E-state index < -0.39 is 16.1 Å². The van der Waals surface area contributed by atoms with Gasteiger partial charge in [0.15, 0.2) is 0 Å². The Bertz CT molecular complexity index is 1140. The number of benzene rings is 2. The number of morpholine rings is 1. The molecule has 1 N–H and O–H groups in total. The standard InChI is InChI=1S/C26H33Cl2N3O5S/c27-23-5-3-6-24(28)26(23)37(33,34)31-11-2-1-4-22(31)18-36-19-25(32)29-16-20-7-9-21(10-8-20)17-30-12-14-35-15-13-30/h3,5-10,22H,1-2,4,11-19H2,(H,29,32). The molecule has 37 heavy (non-hydrogen) atoms. The van der Waals surface area contributed by atoms with E-state index >= 15 is 0 Å². The van der Waals surface area contributed by atoms with Crippen molar-refractivity contribution < 1.29 is 22.7 Å². The van der Waals surface area contributed by atoms with E-state index in [4.69, 9.17) is 32.7 Å². The smallest absolute Gasteiger partial charge is 0.246 e. The van der Waals surface area contributed by atoms with Crippen LogP contribution in [0, 0.1) is 0 Å². The molecule has 2 fully saturated rings. The molecule has 1 amide bonds. The molecule has 2 heterocycles. The molecule has 202 valence electrons. The molecule has 0 bridgehead atoms. The number of piperidine rings is 1. The number of hydrogen-bond donors (Lipinski definition) is 1. The second-order valence-electron chi connectivity index (χ2n) is 9.31. The number of carbonyl (C=O) groups excluding carboxylic acids is 1. The molecule has 11 heteroatoms. The zero-order chi connectivity index (χ0) is 26.3. The lowest BCUT2D eigenvalue weighted by Gasteiger charge is -2.34. The van der Waals surface area contributed by atoms with Crippen LogP contribution in [0.15, 0.2) is 47.4 Å². The quantitative estimate of drug-likeness (QED) is 0.469. The first-order valence-corrected chi connectivity index (χ1v) is 14.7. The van der Waals surface area contributed by atoms with E-state index in [2.05, 4.69) is 22.3 Å². The summed E-state index contributed by atoms with van der Waals surface area (Å²) in [5.74, 6) is -0.253. The minimum absolute atomic E-state index is 0.0843. The molecule has 4 rings (SSSR count). The number of amides is 1. The summed E-state index contributed by atoms with van der Waals surface area (Å²) in [4.78, 5) is 14.6. The van der Waals surface area contributed by atoms with E-state index in [1.165, 1.54) is 22.0 Å². The Morgan fingerprint density at radius 1 is 1.00 bits per heavy atom. The van der Waals surface area contributed by atoms with Gasteiger partial charge in [0.1, 0.15) is 11.5 Å². The van der Waals surface area contributed by atoms with Crippen molar-refractivity contribution in [3.8, 4) is 0 Å². The average molecular weight is 571 g/mol. The molecule has 0 aliphatic carbocycles. The number of hydrogen-bond acceptors (Lipinski definition) is 6. The number of nitrogens with one attached hydrogen (secondary N) is 1. The molecule has 2 saturated heterocycles. The third-order valence-electron chi connectivity index (χ3n) is 6.62. The first kappa shape index (κ1) is 28.3. The number of halogens is 2. The van der Waals surface area contributed by atoms with Gasteiger partial charge in [-0.2, -0.15) is 4.31 Å². The zero-order valence-electron chi connectivity index (χ0n) is 20.7. The lowest BCUT2D eigenvalue weighted by atomic mass is 10.1. The Morgan fingerprint density at radius 2 is 1.68 bits per heavy atom. The summed E-state index contributed by atoms with van der Waals surface area (Å²) in [6.07, 6.45) is 2.26. The van der Waals surface area contributed by atoms with Gasteiger partial charge in [-0.05, 0) is 36.1 Å². The molecule has 1 atom stereocenters. The normalized spacial score (nSPS) is 19.6. The van der Waals surface area contributed by atoms with E-state index in [-0.39, 0.29) is 34.1 Å². The van der Waals surface area contributed by atoms with Crippen LogP contribution in [0.2, 0.25) is 10.0 Å². The molecule has 2 aliphatic heterocycles. The van der Waals surface area contributed by atoms with Gasteiger partial charge >= 0.3 is 0 Å². The van der Waals surface area contributed by atoms with Gasteiger partial charge in [0.25, 0.3) is 0 Å². The van der Waals surface area contributed by atoms with E-state index in [9.17, 15) is 13.2 Å². The Labute approximate surface area is 228 Å². The molecule has 1 unspecified atom stereocenters. The lowest BCUT2D eigenvalue weighted by molar-refractivity contribution is -0.126. The molecule has 2 aromatic rings. The van der Waals surface area contributed by atoms with E-state index in [0.29, 0.717) is 19.5 Å². The van der Waals surface area contributed by atoms with Crippen LogP contribution < -0.4 is 5.32 Å². The van der Waals surface area contributed by atoms with Crippen molar-refractivity contribution in [3.63, 3.8) is 0 Å². The molecule has 2 aliphatic rings. The highest BCUT2D eigenvalue weighted by Crippen LogP contribution is 2.34. The predicted molar refractivity (Wildman–Crippen MR) is 143 cm³/mol. The monoisotopic (exact) mass is 569 g/mol. The number of sulfonamides is 1. The van der Waals surface area contributed by atoms with Gasteiger partial charge in [0.2, 0.25) is 15.9 Å². The predicted octanol–water partition coefficient (Wildman–Crippen LogP) is 3.70. The summed E-state index contributed by atoms with van der Waals surface area (Å²) in [7, 11) is -3.90. The summed E-state index contributed by atoms with van der Waals surface area (Å²) in [5.41, 5.74) is 2.23. The van der Waals surface area contributed by atoms with Crippen molar-refractivity contribution in [2.45, 2.75) is 43.3 Å². The second-order valence-corrected chi connectivity index (χ2v) is 12.0. The van der Waals surface area contributed by atoms with Crippen molar-refractivity contribution in [3.05, 3.63) is 63.6 Å². The van der Waals surface area contributed by atoms with Gasteiger partial charge in [-0.25, -0.2) is 8.42 Å². The minimum Gasteiger partial charge on any atom is -0.379 e. The van der Waals surface area contributed by atoms with Crippen LogP contribution in [0.5, 0.6) is 0 Å². The van der Waals surface area contributed by atoms with Crippen LogP contribution in [-0.4, -0.2) is 75.6 Å². The van der Waals surface area contributed by atoms with Crippen molar-refractivity contribution in [1.29, 1.82) is 0 Å². The summed E-state index contributed by atoms with van der Waals surface area (Å²) in [5, 5.41) is 3.04. The van der Waals surface area contributed by atoms with Crippen LogP contribution in [0.4, 0.5) is 0 Å². The maximum atomic E-state index is 13.3. The van der Waals surface area contributed by atoms with E-state index in [1.54, 1.807) is 6.07 Å². The van der Waals surface area contributed by atoms with Crippen molar-refractivity contribution in [2.75, 3.05) is 46.1 Å². The van der Waals surface area contributed by atoms with Crippen molar-refractivity contribution in [1.82, 2.24) is 14.5 Å². The van der Waals surface area contributed by atoms with Crippen LogP contribution >= 0.6 is 23.2 Å². The fourth-order valence-corrected chi connectivity index (χ4v) is 7.40. The molecule has 8 nitrogen and oxygen atoms in total. The van der Waals surface area contributed by atoms with Crippen LogP contribution in [0.3, 0.4) is 0 Å². The number of rotatable bonds is 10. The lowest BCUT2D eigenvalue weighted by Crippen LogP contribution is -2.46. The Kier molecular flexibility index (Phi) is 10.2. The third-order valence-corrected chi connectivity index (χ3v) is 9.53. The molecule has 0 spiro atoms. The summed E-state index contributed by atoms with van der Waals surface area (Å²) in [6, 6.07) is 12.4. The van der Waals surface area contributed by atoms with Gasteiger partial charge in [-0.15, -0.1) is 0 Å². The molecule has 2 aromatic carbocycles. The first-order chi connectivity index (χ1) is 17.8. The van der Waals surface area contributed by atoms with Crippen molar-refractivity contribution in [2.24, 2.45) is 0 Å². The molecule has 0 radical (unpaired) electrons. The summed E-state index contributed by atoms with van der Waals surface area (Å²) >= 11 is 12.4. The molecular formula is C26H33Cl2N3O5S. The fraction of sp³-hybridized carbons (Fsp3) is 0.500. The highest BCUT2D eigenvalue weighted by atomic mass is 35.5. The maximum absolute atomic E-state index is 13.3. The largest absolute Gasteiger partial charge is 0.379 e. The highest BCUT2D eigenvalue weighted by Gasteiger charge is 2.36. The SMILES string of the molecule is O=C(COCC1CCCCN1S(=O)(=O)c1c(Cl)cccc1Cl)NCc1ccc(CN2CCOCC2)cc1. The Hall–Kier alpha value is -1.72. The topological polar surface area (TPSA) is 88.2 Å². The molecule has 0 saturated carbocycles. The second kappa shape index (κ2) is 13.4. The van der Waals surface area contributed by atoms with Crippen LogP contribution in [0.1, 0.15) is 30.4 Å². The minimum atomic E-state index is -3.90. The van der Waals surface area contributed by atoms with Gasteiger partial charge in [0, 0.05) is 38.8 Å². The van der Waals surface area contributed by atoms with E-state index in [1.807, 2.05) is 12.1 Å². The Morgan fingerprint density at radius 3 is 2.38 bits per heavy atom. The van der Waals surface area contributed by atoms with Gasteiger partial charge in [0.05, 0.1) is 29.9 Å². The molecule has 0 aromatic heterocycles. The molecular weight excluding hydrogens is 537 g/mol. The third kappa shape index (κ3) is 7.66. The summed E-state index contributed by atoms with van der Waals surface area (Å²) < 4.78 is 39.1. The Balaban J connectivity index is 1.24. The maximum Gasteiger partial charge on any atom is 0.246 e. The fourth-order valence-electron chi connectivity index (χ4n) is 4.62. The number of nitrogens with zero attached hydrogens (tertiary/aromatic N) is 2.